The number of aromatic hydroxyl groups is 1. The summed E-state index contributed by atoms with van der Waals surface area (Å²) in [4.78, 5) is 0. The van der Waals surface area contributed by atoms with Gasteiger partial charge >= 0.3 is 0 Å². The average Bonchev–Trinajstić information content (AvgIpc) is 2.07. The maximum Gasteiger partial charge on any atom is 0.135 e. The Bertz CT molecular complexity index is 308. The maximum absolute atomic E-state index is 9.63. The molecule has 0 unspecified atom stereocenters. The number of halogens is 1. The molecule has 2 nitrogen and oxygen atoms in total. The zero-order valence-corrected chi connectivity index (χ0v) is 10.1. The van der Waals surface area contributed by atoms with Crippen LogP contribution in [0, 0.1) is 3.57 Å². The van der Waals surface area contributed by atoms with E-state index in [1.54, 1.807) is 13.2 Å². The van der Waals surface area contributed by atoms with Crippen molar-refractivity contribution >= 4 is 22.6 Å². The number of ether oxygens (including phenoxy) is 1. The monoisotopic (exact) mass is 292 g/mol. The van der Waals surface area contributed by atoms with Crippen molar-refractivity contribution < 1.29 is 9.84 Å². The molecule has 13 heavy (non-hydrogen) atoms. The summed E-state index contributed by atoms with van der Waals surface area (Å²) < 4.78 is 6.12. The van der Waals surface area contributed by atoms with Gasteiger partial charge in [0.05, 0.1) is 10.7 Å². The van der Waals surface area contributed by atoms with Gasteiger partial charge in [-0.1, -0.05) is 13.8 Å². The highest BCUT2D eigenvalue weighted by Crippen LogP contribution is 2.33. The zero-order chi connectivity index (χ0) is 10.0. The smallest absolute Gasteiger partial charge is 0.135 e. The van der Waals surface area contributed by atoms with Crippen molar-refractivity contribution in [3.8, 4) is 11.5 Å². The second kappa shape index (κ2) is 4.17. The molecule has 3 heteroatoms. The summed E-state index contributed by atoms with van der Waals surface area (Å²) in [5.41, 5.74) is 0.963. The van der Waals surface area contributed by atoms with E-state index in [0.29, 0.717) is 11.7 Å². The topological polar surface area (TPSA) is 29.5 Å². The van der Waals surface area contributed by atoms with E-state index >= 15 is 0 Å². The molecule has 0 spiro atoms. The largest absolute Gasteiger partial charge is 0.508 e. The minimum atomic E-state index is 0.312. The van der Waals surface area contributed by atoms with Crippen LogP contribution in [0.1, 0.15) is 25.3 Å². The van der Waals surface area contributed by atoms with Crippen molar-refractivity contribution in [2.75, 3.05) is 7.11 Å². The fourth-order valence-corrected chi connectivity index (χ4v) is 1.89. The highest BCUT2D eigenvalue weighted by Gasteiger charge is 2.10. The Morgan fingerprint density at radius 1 is 1.38 bits per heavy atom. The molecule has 1 aromatic rings. The lowest BCUT2D eigenvalue weighted by atomic mass is 10.0. The third-order valence-corrected chi connectivity index (χ3v) is 2.77. The second-order valence-electron chi connectivity index (χ2n) is 3.20. The van der Waals surface area contributed by atoms with Crippen LogP contribution >= 0.6 is 22.6 Å². The first-order valence-electron chi connectivity index (χ1n) is 4.12. The predicted octanol–water partition coefficient (Wildman–Crippen LogP) is 3.13. The molecule has 0 saturated carbocycles. The normalized spacial score (nSPS) is 10.5. The Hall–Kier alpha value is -0.450. The van der Waals surface area contributed by atoms with Crippen molar-refractivity contribution in [3.63, 3.8) is 0 Å². The molecule has 0 atom stereocenters. The van der Waals surface area contributed by atoms with Gasteiger partial charge in [0.15, 0.2) is 0 Å². The van der Waals surface area contributed by atoms with Crippen molar-refractivity contribution in [3.05, 3.63) is 21.3 Å². The van der Waals surface area contributed by atoms with Crippen molar-refractivity contribution in [2.24, 2.45) is 0 Å². The molecule has 0 aliphatic carbocycles. The van der Waals surface area contributed by atoms with Crippen molar-refractivity contribution in [1.29, 1.82) is 0 Å². The Balaban J connectivity index is 3.20. The number of phenols is 1. The van der Waals surface area contributed by atoms with Crippen LogP contribution in [-0.2, 0) is 0 Å². The summed E-state index contributed by atoms with van der Waals surface area (Å²) in [6.07, 6.45) is 0. The molecule has 0 fully saturated rings. The van der Waals surface area contributed by atoms with E-state index in [2.05, 4.69) is 36.4 Å². The first-order chi connectivity index (χ1) is 6.06. The number of rotatable bonds is 2. The Labute approximate surface area is 92.1 Å². The first-order valence-corrected chi connectivity index (χ1v) is 5.20. The summed E-state index contributed by atoms with van der Waals surface area (Å²) >= 11 is 2.20. The second-order valence-corrected chi connectivity index (χ2v) is 4.36. The van der Waals surface area contributed by atoms with E-state index < -0.39 is 0 Å². The van der Waals surface area contributed by atoms with Gasteiger partial charge in [0, 0.05) is 6.07 Å². The van der Waals surface area contributed by atoms with E-state index in [0.717, 1.165) is 14.9 Å². The van der Waals surface area contributed by atoms with Gasteiger partial charge in [0.1, 0.15) is 11.5 Å². The quantitative estimate of drug-likeness (QED) is 0.849. The summed E-state index contributed by atoms with van der Waals surface area (Å²) in [6, 6.07) is 3.62. The lowest BCUT2D eigenvalue weighted by molar-refractivity contribution is 0.403. The van der Waals surface area contributed by atoms with Gasteiger partial charge < -0.3 is 9.84 Å². The van der Waals surface area contributed by atoms with Gasteiger partial charge in [0.2, 0.25) is 0 Å². The van der Waals surface area contributed by atoms with Crippen LogP contribution in [-0.4, -0.2) is 12.2 Å². The summed E-state index contributed by atoms with van der Waals surface area (Å²) in [7, 11) is 1.60. The summed E-state index contributed by atoms with van der Waals surface area (Å²) in [5, 5.41) is 9.63. The average molecular weight is 292 g/mol. The zero-order valence-electron chi connectivity index (χ0n) is 7.97. The molecule has 0 bridgehead atoms. The lowest BCUT2D eigenvalue weighted by Gasteiger charge is -2.11. The Morgan fingerprint density at radius 3 is 2.46 bits per heavy atom. The molecule has 0 aliphatic heterocycles. The van der Waals surface area contributed by atoms with Crippen LogP contribution in [0.15, 0.2) is 12.1 Å². The molecule has 1 N–H and O–H groups in total. The maximum atomic E-state index is 9.63. The van der Waals surface area contributed by atoms with Crippen molar-refractivity contribution in [1.82, 2.24) is 0 Å². The molecule has 0 aromatic heterocycles. The molecular formula is C10H13IO2. The standard InChI is InChI=1S/C10H13IO2/c1-6(2)7-4-8(11)10(13-3)5-9(7)12/h4-6,12H,1-3H3. The lowest BCUT2D eigenvalue weighted by Crippen LogP contribution is -1.93. The molecule has 0 aliphatic rings. The van der Waals surface area contributed by atoms with Crippen LogP contribution in [0.25, 0.3) is 0 Å². The first kappa shape index (κ1) is 10.6. The molecule has 0 amide bonds. The van der Waals surface area contributed by atoms with Gasteiger partial charge in [-0.3, -0.25) is 0 Å². The number of methoxy groups -OCH3 is 1. The molecule has 0 heterocycles. The molecule has 1 aromatic carbocycles. The van der Waals surface area contributed by atoms with Gasteiger partial charge in [-0.2, -0.15) is 0 Å². The van der Waals surface area contributed by atoms with Crippen LogP contribution in [0.2, 0.25) is 0 Å². The van der Waals surface area contributed by atoms with Crippen LogP contribution in [0.3, 0.4) is 0 Å². The summed E-state index contributed by atoms with van der Waals surface area (Å²) in [5.74, 6) is 1.37. The molecule has 72 valence electrons. The van der Waals surface area contributed by atoms with Gasteiger partial charge in [0.25, 0.3) is 0 Å². The summed E-state index contributed by atoms with van der Waals surface area (Å²) in [6.45, 7) is 4.11. The highest BCUT2D eigenvalue weighted by atomic mass is 127. The van der Waals surface area contributed by atoms with E-state index in [4.69, 9.17) is 4.74 Å². The number of hydrogen-bond donors (Lipinski definition) is 1. The van der Waals surface area contributed by atoms with Crippen molar-refractivity contribution in [2.45, 2.75) is 19.8 Å². The van der Waals surface area contributed by atoms with E-state index in [1.165, 1.54) is 0 Å². The fraction of sp³-hybridized carbons (Fsp3) is 0.400. The molecular weight excluding hydrogens is 279 g/mol. The Morgan fingerprint density at radius 2 is 2.00 bits per heavy atom. The Kier molecular flexibility index (Phi) is 3.41. The van der Waals surface area contributed by atoms with Crippen LogP contribution in [0.4, 0.5) is 0 Å². The number of phenolic OH excluding ortho intramolecular Hbond substituents is 1. The van der Waals surface area contributed by atoms with E-state index in [-0.39, 0.29) is 0 Å². The minimum Gasteiger partial charge on any atom is -0.508 e. The van der Waals surface area contributed by atoms with E-state index in [1.807, 2.05) is 6.07 Å². The molecule has 0 radical (unpaired) electrons. The number of benzene rings is 1. The van der Waals surface area contributed by atoms with E-state index in [9.17, 15) is 5.11 Å². The third kappa shape index (κ3) is 2.27. The van der Waals surface area contributed by atoms with Crippen LogP contribution in [0.5, 0.6) is 11.5 Å². The molecule has 0 saturated heterocycles. The number of hydrogen-bond acceptors (Lipinski definition) is 2. The highest BCUT2D eigenvalue weighted by molar-refractivity contribution is 14.1. The van der Waals surface area contributed by atoms with Gasteiger partial charge in [-0.15, -0.1) is 0 Å². The molecule has 1 rings (SSSR count). The predicted molar refractivity (Wildman–Crippen MR) is 61.5 cm³/mol. The fourth-order valence-electron chi connectivity index (χ4n) is 1.18. The SMILES string of the molecule is COc1cc(O)c(C(C)C)cc1I. The third-order valence-electron chi connectivity index (χ3n) is 1.92. The van der Waals surface area contributed by atoms with Gasteiger partial charge in [-0.25, -0.2) is 0 Å². The minimum absolute atomic E-state index is 0.312. The van der Waals surface area contributed by atoms with Gasteiger partial charge in [-0.05, 0) is 40.1 Å². The van der Waals surface area contributed by atoms with Crippen LogP contribution < -0.4 is 4.74 Å².